The largest absolute Gasteiger partial charge is 0.0776 e. The Hall–Kier alpha value is -1.57. The monoisotopic (exact) mass is 322 g/mol. The first-order chi connectivity index (χ1) is 10.2. The minimum Gasteiger partial charge on any atom is -0.0656 e. The van der Waals surface area contributed by atoms with Gasteiger partial charge in [-0.25, -0.2) is 0 Å². The summed E-state index contributed by atoms with van der Waals surface area (Å²) in [6, 6.07) is 17.3. The maximum atomic E-state index is 3.38. The molecule has 0 fully saturated rings. The molecule has 22 heavy (non-hydrogen) atoms. The molecule has 0 spiro atoms. The first-order valence-electron chi connectivity index (χ1n) is 7.89. The van der Waals surface area contributed by atoms with Gasteiger partial charge in [0.25, 0.3) is 0 Å². The van der Waals surface area contributed by atoms with E-state index in [0.29, 0.717) is 0 Å². The fourth-order valence-corrected chi connectivity index (χ4v) is 4.73. The van der Waals surface area contributed by atoms with Crippen LogP contribution in [0.25, 0.3) is 0 Å². The number of hydrogen-bond acceptors (Lipinski definition) is 0. The summed E-state index contributed by atoms with van der Waals surface area (Å²) in [6.45, 7) is 14.4. The molecular weight excluding hydrogens is 296 g/mol. The van der Waals surface area contributed by atoms with E-state index in [1.807, 2.05) is 18.2 Å². The van der Waals surface area contributed by atoms with Gasteiger partial charge in [0.05, 0.1) is 16.1 Å². The van der Waals surface area contributed by atoms with E-state index in [2.05, 4.69) is 81.5 Å². The Bertz CT molecular complexity index is 673. The van der Waals surface area contributed by atoms with E-state index >= 15 is 0 Å². The maximum absolute atomic E-state index is 3.38. The zero-order chi connectivity index (χ0) is 16.4. The highest BCUT2D eigenvalue weighted by Crippen LogP contribution is 2.08. The van der Waals surface area contributed by atoms with Gasteiger partial charge in [-0.1, -0.05) is 85.8 Å². The number of rotatable bonds is 2. The lowest BCUT2D eigenvalue weighted by Crippen LogP contribution is -2.45. The highest BCUT2D eigenvalue weighted by molar-refractivity contribution is 6.91. The molecule has 2 aromatic carbocycles. The third kappa shape index (κ3) is 4.46. The van der Waals surface area contributed by atoms with Crippen LogP contribution in [0.3, 0.4) is 0 Å². The zero-order valence-electron chi connectivity index (χ0n) is 14.6. The molecule has 0 heterocycles. The summed E-state index contributed by atoms with van der Waals surface area (Å²) in [4.78, 5) is 0. The standard InChI is InChI=1S/C20H26Si2/c1-21(2,3)19-14-18(15-20(16-19)22(4,5)6)13-12-17-10-8-7-9-11-17/h7-11,14-16H,1-6H3. The van der Waals surface area contributed by atoms with Crippen LogP contribution in [0.1, 0.15) is 11.1 Å². The summed E-state index contributed by atoms with van der Waals surface area (Å²) >= 11 is 0. The molecule has 2 aromatic rings. The summed E-state index contributed by atoms with van der Waals surface area (Å²) in [5.74, 6) is 6.68. The molecule has 0 aromatic heterocycles. The predicted octanol–water partition coefficient (Wildman–Crippen LogP) is 4.18. The number of benzene rings is 2. The lowest BCUT2D eigenvalue weighted by molar-refractivity contribution is 1.62. The molecule has 0 saturated heterocycles. The minimum absolute atomic E-state index is 1.08. The fourth-order valence-electron chi connectivity index (χ4n) is 2.23. The Labute approximate surface area is 137 Å². The lowest BCUT2D eigenvalue weighted by Gasteiger charge is -2.23. The summed E-state index contributed by atoms with van der Waals surface area (Å²) in [6.07, 6.45) is 0. The average molecular weight is 323 g/mol. The van der Waals surface area contributed by atoms with Crippen molar-refractivity contribution >= 4 is 26.5 Å². The second-order valence-corrected chi connectivity index (χ2v) is 18.1. The smallest absolute Gasteiger partial charge is 0.0656 e. The van der Waals surface area contributed by atoms with Crippen LogP contribution >= 0.6 is 0 Å². The fraction of sp³-hybridized carbons (Fsp3) is 0.300. The van der Waals surface area contributed by atoms with Gasteiger partial charge in [0, 0.05) is 11.1 Å². The van der Waals surface area contributed by atoms with Gasteiger partial charge in [-0.3, -0.25) is 0 Å². The van der Waals surface area contributed by atoms with Crippen LogP contribution in [0.4, 0.5) is 0 Å². The SMILES string of the molecule is C[Si](C)(C)c1cc(C#Cc2ccccc2)cc([Si](C)(C)C)c1. The van der Waals surface area contributed by atoms with Gasteiger partial charge in [0.2, 0.25) is 0 Å². The van der Waals surface area contributed by atoms with Gasteiger partial charge in [-0.2, -0.15) is 0 Å². The molecule has 0 saturated carbocycles. The minimum atomic E-state index is -1.33. The van der Waals surface area contributed by atoms with Gasteiger partial charge in [0.15, 0.2) is 0 Å². The van der Waals surface area contributed by atoms with Crippen LogP contribution < -0.4 is 10.4 Å². The lowest BCUT2D eigenvalue weighted by atomic mass is 10.2. The molecule has 2 rings (SSSR count). The molecule has 0 N–H and O–H groups in total. The molecule has 0 aliphatic carbocycles. The summed E-state index contributed by atoms with van der Waals surface area (Å²) in [5, 5.41) is 3.04. The molecule has 0 bridgehead atoms. The zero-order valence-corrected chi connectivity index (χ0v) is 16.6. The van der Waals surface area contributed by atoms with E-state index in [-0.39, 0.29) is 0 Å². The van der Waals surface area contributed by atoms with Gasteiger partial charge in [-0.05, 0) is 24.3 Å². The Morgan fingerprint density at radius 3 is 1.50 bits per heavy atom. The van der Waals surface area contributed by atoms with Crippen LogP contribution in [0.2, 0.25) is 39.3 Å². The predicted molar refractivity (Wildman–Crippen MR) is 105 cm³/mol. The van der Waals surface area contributed by atoms with E-state index in [4.69, 9.17) is 0 Å². The van der Waals surface area contributed by atoms with Crippen molar-refractivity contribution in [3.63, 3.8) is 0 Å². The highest BCUT2D eigenvalue weighted by atomic mass is 28.3. The van der Waals surface area contributed by atoms with E-state index in [1.54, 1.807) is 0 Å². The van der Waals surface area contributed by atoms with Crippen LogP contribution in [0, 0.1) is 11.8 Å². The Kier molecular flexibility index (Phi) is 4.79. The maximum Gasteiger partial charge on any atom is 0.0776 e. The normalized spacial score (nSPS) is 11.7. The van der Waals surface area contributed by atoms with Crippen molar-refractivity contribution in [1.82, 2.24) is 0 Å². The summed E-state index contributed by atoms with van der Waals surface area (Å²) < 4.78 is 0. The van der Waals surface area contributed by atoms with Crippen molar-refractivity contribution in [3.8, 4) is 11.8 Å². The van der Waals surface area contributed by atoms with Gasteiger partial charge in [-0.15, -0.1) is 0 Å². The van der Waals surface area contributed by atoms with E-state index in [9.17, 15) is 0 Å². The molecule has 114 valence electrons. The Balaban J connectivity index is 2.50. The molecule has 0 aliphatic heterocycles. The van der Waals surface area contributed by atoms with Crippen molar-refractivity contribution in [2.45, 2.75) is 39.3 Å². The highest BCUT2D eigenvalue weighted by Gasteiger charge is 2.22. The van der Waals surface area contributed by atoms with E-state index in [1.165, 1.54) is 15.9 Å². The number of hydrogen-bond donors (Lipinski definition) is 0. The average Bonchev–Trinajstić information content (AvgIpc) is 2.44. The van der Waals surface area contributed by atoms with Gasteiger partial charge < -0.3 is 0 Å². The van der Waals surface area contributed by atoms with E-state index < -0.39 is 16.1 Å². The summed E-state index contributed by atoms with van der Waals surface area (Å²) in [7, 11) is -2.66. The topological polar surface area (TPSA) is 0 Å². The van der Waals surface area contributed by atoms with Crippen molar-refractivity contribution in [3.05, 3.63) is 59.7 Å². The van der Waals surface area contributed by atoms with Gasteiger partial charge in [0.1, 0.15) is 0 Å². The third-order valence-electron chi connectivity index (χ3n) is 3.79. The Morgan fingerprint density at radius 1 is 0.591 bits per heavy atom. The van der Waals surface area contributed by atoms with Crippen LogP contribution in [0.5, 0.6) is 0 Å². The molecule has 0 amide bonds. The molecule has 0 nitrogen and oxygen atoms in total. The first kappa shape index (κ1) is 16.8. The van der Waals surface area contributed by atoms with Crippen LogP contribution in [0.15, 0.2) is 48.5 Å². The molecule has 0 unspecified atom stereocenters. The molecule has 0 radical (unpaired) electrons. The second kappa shape index (κ2) is 6.28. The Morgan fingerprint density at radius 2 is 1.05 bits per heavy atom. The van der Waals surface area contributed by atoms with Crippen molar-refractivity contribution in [1.29, 1.82) is 0 Å². The molecule has 0 atom stereocenters. The molecular formula is C20H26Si2. The van der Waals surface area contributed by atoms with E-state index in [0.717, 1.165) is 5.56 Å². The van der Waals surface area contributed by atoms with Crippen molar-refractivity contribution in [2.75, 3.05) is 0 Å². The van der Waals surface area contributed by atoms with Crippen molar-refractivity contribution in [2.24, 2.45) is 0 Å². The quantitative estimate of drug-likeness (QED) is 0.575. The first-order valence-corrected chi connectivity index (χ1v) is 14.9. The van der Waals surface area contributed by atoms with Crippen molar-refractivity contribution < 1.29 is 0 Å². The third-order valence-corrected chi connectivity index (χ3v) is 7.83. The molecule has 2 heteroatoms. The summed E-state index contributed by atoms with van der Waals surface area (Å²) in [5.41, 5.74) is 2.25. The van der Waals surface area contributed by atoms with Crippen LogP contribution in [-0.4, -0.2) is 16.1 Å². The molecule has 0 aliphatic rings. The second-order valence-electron chi connectivity index (χ2n) is 7.92. The van der Waals surface area contributed by atoms with Crippen LogP contribution in [-0.2, 0) is 0 Å². The van der Waals surface area contributed by atoms with Gasteiger partial charge >= 0.3 is 0 Å².